The second-order valence-corrected chi connectivity index (χ2v) is 4.85. The zero-order valence-electron chi connectivity index (χ0n) is 11.0. The third kappa shape index (κ3) is 3.32. The minimum atomic E-state index is -0.0816. The molecule has 1 aromatic rings. The third-order valence-electron chi connectivity index (χ3n) is 3.42. The summed E-state index contributed by atoms with van der Waals surface area (Å²) in [6, 6.07) is 0. The Hall–Kier alpha value is -1.36. The highest BCUT2D eigenvalue weighted by atomic mass is 16.7. The first-order valence-electron chi connectivity index (χ1n) is 6.53. The summed E-state index contributed by atoms with van der Waals surface area (Å²) >= 11 is 0. The van der Waals surface area contributed by atoms with Gasteiger partial charge < -0.3 is 4.52 Å². The van der Waals surface area contributed by atoms with Gasteiger partial charge in [0.1, 0.15) is 5.76 Å². The highest BCUT2D eigenvalue weighted by Crippen LogP contribution is 2.20. The fraction of sp³-hybridized carbons (Fsp3) is 0.692. The summed E-state index contributed by atoms with van der Waals surface area (Å²) in [5, 5.41) is 3.87. The molecule has 2 rings (SSSR count). The van der Waals surface area contributed by atoms with Crippen LogP contribution in [0.3, 0.4) is 0 Å². The first-order valence-corrected chi connectivity index (χ1v) is 6.53. The van der Waals surface area contributed by atoms with Crippen LogP contribution < -0.4 is 5.48 Å². The topological polar surface area (TPSA) is 64.4 Å². The van der Waals surface area contributed by atoms with Gasteiger partial charge in [0.05, 0.1) is 11.8 Å². The van der Waals surface area contributed by atoms with Gasteiger partial charge >= 0.3 is 0 Å². The highest BCUT2D eigenvalue weighted by Gasteiger charge is 2.17. The summed E-state index contributed by atoms with van der Waals surface area (Å²) in [6.45, 7) is 3.75. The van der Waals surface area contributed by atoms with Crippen LogP contribution in [0, 0.1) is 13.8 Å². The van der Waals surface area contributed by atoms with E-state index in [9.17, 15) is 4.79 Å². The van der Waals surface area contributed by atoms with Crippen molar-refractivity contribution in [3.63, 3.8) is 0 Å². The van der Waals surface area contributed by atoms with E-state index in [1.54, 1.807) is 0 Å². The van der Waals surface area contributed by atoms with Crippen molar-refractivity contribution in [2.45, 2.75) is 58.5 Å². The molecule has 5 heteroatoms. The molecule has 1 amide bonds. The molecule has 100 valence electrons. The average molecular weight is 252 g/mol. The zero-order chi connectivity index (χ0) is 13.0. The van der Waals surface area contributed by atoms with E-state index in [0.717, 1.165) is 29.9 Å². The molecule has 0 radical (unpaired) electrons. The molecule has 0 saturated heterocycles. The largest absolute Gasteiger partial charge is 0.361 e. The SMILES string of the molecule is Cc1noc(C)c1CCC(=O)NOC1CCCC1. The van der Waals surface area contributed by atoms with Gasteiger partial charge in [-0.05, 0) is 33.1 Å². The van der Waals surface area contributed by atoms with Crippen molar-refractivity contribution in [3.05, 3.63) is 17.0 Å². The van der Waals surface area contributed by atoms with Crippen LogP contribution in [0.1, 0.15) is 49.1 Å². The van der Waals surface area contributed by atoms with Crippen LogP contribution in [0.25, 0.3) is 0 Å². The maximum absolute atomic E-state index is 11.6. The molecule has 1 fully saturated rings. The Bertz CT molecular complexity index is 389. The van der Waals surface area contributed by atoms with Crippen molar-refractivity contribution in [3.8, 4) is 0 Å². The van der Waals surface area contributed by atoms with E-state index in [2.05, 4.69) is 10.6 Å². The molecular formula is C13H20N2O3. The summed E-state index contributed by atoms with van der Waals surface area (Å²) < 4.78 is 5.06. The van der Waals surface area contributed by atoms with Gasteiger partial charge in [0.15, 0.2) is 0 Å². The van der Waals surface area contributed by atoms with Gasteiger partial charge in [-0.1, -0.05) is 18.0 Å². The average Bonchev–Trinajstić information content (AvgIpc) is 2.96. The molecule has 0 unspecified atom stereocenters. The maximum Gasteiger partial charge on any atom is 0.243 e. The summed E-state index contributed by atoms with van der Waals surface area (Å²) in [5.74, 6) is 0.707. The van der Waals surface area contributed by atoms with Gasteiger partial charge in [-0.25, -0.2) is 5.48 Å². The van der Waals surface area contributed by atoms with Crippen molar-refractivity contribution in [1.29, 1.82) is 0 Å². The molecule has 0 bridgehead atoms. The van der Waals surface area contributed by atoms with E-state index in [0.29, 0.717) is 12.8 Å². The van der Waals surface area contributed by atoms with Crippen molar-refractivity contribution >= 4 is 5.91 Å². The fourth-order valence-corrected chi connectivity index (χ4v) is 2.30. The zero-order valence-corrected chi connectivity index (χ0v) is 11.0. The first kappa shape index (κ1) is 13.1. The maximum atomic E-state index is 11.6. The lowest BCUT2D eigenvalue weighted by Gasteiger charge is -2.11. The molecule has 1 aliphatic carbocycles. The van der Waals surface area contributed by atoms with Crippen LogP contribution in [0.4, 0.5) is 0 Å². The van der Waals surface area contributed by atoms with Gasteiger partial charge in [0.25, 0.3) is 0 Å². The lowest BCUT2D eigenvalue weighted by atomic mass is 10.1. The molecule has 18 heavy (non-hydrogen) atoms. The number of hydroxylamine groups is 1. The number of carbonyl (C=O) groups is 1. The quantitative estimate of drug-likeness (QED) is 0.816. The van der Waals surface area contributed by atoms with E-state index in [-0.39, 0.29) is 12.0 Å². The van der Waals surface area contributed by atoms with Crippen molar-refractivity contribution in [2.75, 3.05) is 0 Å². The summed E-state index contributed by atoms with van der Waals surface area (Å²) in [4.78, 5) is 17.0. The molecule has 1 aliphatic rings. The van der Waals surface area contributed by atoms with Crippen molar-refractivity contribution < 1.29 is 14.2 Å². The molecule has 5 nitrogen and oxygen atoms in total. The lowest BCUT2D eigenvalue weighted by molar-refractivity contribution is -0.138. The Kier molecular flexibility index (Phi) is 4.36. The molecule has 1 heterocycles. The minimum absolute atomic E-state index is 0.0816. The third-order valence-corrected chi connectivity index (χ3v) is 3.42. The summed E-state index contributed by atoms with van der Waals surface area (Å²) in [5.41, 5.74) is 4.41. The van der Waals surface area contributed by atoms with Crippen LogP contribution in [-0.4, -0.2) is 17.2 Å². The van der Waals surface area contributed by atoms with Crippen molar-refractivity contribution in [1.82, 2.24) is 10.6 Å². The highest BCUT2D eigenvalue weighted by molar-refractivity contribution is 5.75. The van der Waals surface area contributed by atoms with Gasteiger partial charge in [0.2, 0.25) is 5.91 Å². The Morgan fingerprint density at radius 1 is 1.44 bits per heavy atom. The van der Waals surface area contributed by atoms with Gasteiger partial charge in [0, 0.05) is 12.0 Å². The molecule has 1 N–H and O–H groups in total. The predicted molar refractivity (Wildman–Crippen MR) is 65.8 cm³/mol. The number of nitrogens with one attached hydrogen (secondary N) is 1. The number of aromatic nitrogens is 1. The van der Waals surface area contributed by atoms with E-state index in [1.165, 1.54) is 12.8 Å². The number of hydrogen-bond acceptors (Lipinski definition) is 4. The Morgan fingerprint density at radius 3 is 2.78 bits per heavy atom. The second kappa shape index (κ2) is 6.00. The molecule has 1 aromatic heterocycles. The van der Waals surface area contributed by atoms with E-state index in [1.807, 2.05) is 13.8 Å². The molecular weight excluding hydrogens is 232 g/mol. The smallest absolute Gasteiger partial charge is 0.243 e. The van der Waals surface area contributed by atoms with Crippen LogP contribution in [0.2, 0.25) is 0 Å². The van der Waals surface area contributed by atoms with Crippen LogP contribution in [-0.2, 0) is 16.1 Å². The number of nitrogens with zero attached hydrogens (tertiary/aromatic N) is 1. The van der Waals surface area contributed by atoms with Gasteiger partial charge in [-0.3, -0.25) is 9.63 Å². The standard InChI is InChI=1S/C13H20N2O3/c1-9-12(10(2)17-14-9)7-8-13(16)15-18-11-5-3-4-6-11/h11H,3-8H2,1-2H3,(H,15,16). The van der Waals surface area contributed by atoms with Crippen molar-refractivity contribution in [2.24, 2.45) is 0 Å². The molecule has 0 spiro atoms. The summed E-state index contributed by atoms with van der Waals surface area (Å²) in [7, 11) is 0. The predicted octanol–water partition coefficient (Wildman–Crippen LogP) is 2.21. The monoisotopic (exact) mass is 252 g/mol. The number of aryl methyl sites for hydroxylation is 2. The van der Waals surface area contributed by atoms with E-state index < -0.39 is 0 Å². The van der Waals surface area contributed by atoms with E-state index >= 15 is 0 Å². The number of rotatable bonds is 5. The molecule has 0 aliphatic heterocycles. The first-order chi connectivity index (χ1) is 8.66. The second-order valence-electron chi connectivity index (χ2n) is 4.85. The van der Waals surface area contributed by atoms with Gasteiger partial charge in [-0.2, -0.15) is 0 Å². The molecule has 0 atom stereocenters. The van der Waals surface area contributed by atoms with Crippen LogP contribution >= 0.6 is 0 Å². The molecule has 0 aromatic carbocycles. The van der Waals surface area contributed by atoms with Gasteiger partial charge in [-0.15, -0.1) is 0 Å². The van der Waals surface area contributed by atoms with E-state index in [4.69, 9.17) is 9.36 Å². The van der Waals surface area contributed by atoms with Crippen LogP contribution in [0.15, 0.2) is 4.52 Å². The number of hydrogen-bond donors (Lipinski definition) is 1. The number of carbonyl (C=O) groups excluding carboxylic acids is 1. The lowest BCUT2D eigenvalue weighted by Crippen LogP contribution is -2.28. The fourth-order valence-electron chi connectivity index (χ4n) is 2.30. The molecule has 1 saturated carbocycles. The minimum Gasteiger partial charge on any atom is -0.361 e. The van der Waals surface area contributed by atoms with Crippen LogP contribution in [0.5, 0.6) is 0 Å². The number of amides is 1. The summed E-state index contributed by atoms with van der Waals surface area (Å²) in [6.07, 6.45) is 5.72. The normalized spacial score (nSPS) is 16.1. The Morgan fingerprint density at radius 2 is 2.17 bits per heavy atom. The Labute approximate surface area is 107 Å². The Balaban J connectivity index is 1.71.